The van der Waals surface area contributed by atoms with Crippen molar-refractivity contribution in [3.63, 3.8) is 0 Å². The molecule has 3 aromatic rings. The molecule has 0 spiro atoms. The van der Waals surface area contributed by atoms with Crippen LogP contribution >= 0.6 is 23.2 Å². The smallest absolute Gasteiger partial charge is 0.304 e. The number of aliphatic hydroxyl groups excluding tert-OH is 1. The van der Waals surface area contributed by atoms with Crippen LogP contribution in [0, 0.1) is 0 Å². The number of aryl methyl sites for hydroxylation is 1. The van der Waals surface area contributed by atoms with Crippen LogP contribution in [0.5, 0.6) is 11.8 Å². The first-order valence-corrected chi connectivity index (χ1v) is 11.1. The molecule has 10 heteroatoms. The van der Waals surface area contributed by atoms with Gasteiger partial charge < -0.3 is 14.9 Å². The van der Waals surface area contributed by atoms with Crippen molar-refractivity contribution in [1.82, 2.24) is 19.1 Å². The van der Waals surface area contributed by atoms with Crippen LogP contribution in [0.3, 0.4) is 0 Å². The van der Waals surface area contributed by atoms with Crippen molar-refractivity contribution in [2.75, 3.05) is 6.61 Å². The number of rotatable bonds is 9. The quantitative estimate of drug-likeness (QED) is 0.350. The number of hydrogen-bond acceptors (Lipinski definition) is 6. The van der Waals surface area contributed by atoms with E-state index in [1.165, 1.54) is 21.9 Å². The highest BCUT2D eigenvalue weighted by Crippen LogP contribution is 2.32. The van der Waals surface area contributed by atoms with E-state index in [9.17, 15) is 15.0 Å². The van der Waals surface area contributed by atoms with Crippen molar-refractivity contribution < 1.29 is 14.9 Å². The van der Waals surface area contributed by atoms with Gasteiger partial charge in [-0.2, -0.15) is 4.98 Å². The van der Waals surface area contributed by atoms with Gasteiger partial charge in [0.1, 0.15) is 11.3 Å². The third-order valence-electron chi connectivity index (χ3n) is 5.22. The van der Waals surface area contributed by atoms with Crippen molar-refractivity contribution in [3.05, 3.63) is 80.1 Å². The molecule has 0 aliphatic heterocycles. The highest BCUT2D eigenvalue weighted by atomic mass is 35.5. The Labute approximate surface area is 199 Å². The summed E-state index contributed by atoms with van der Waals surface area (Å²) in [6.45, 7) is 0.0915. The second kappa shape index (κ2) is 9.82. The fourth-order valence-corrected chi connectivity index (χ4v) is 3.61. The van der Waals surface area contributed by atoms with Crippen molar-refractivity contribution in [1.29, 1.82) is 0 Å². The topological polar surface area (TPSA) is 102 Å². The molecule has 3 aromatic heterocycles. The highest BCUT2D eigenvalue weighted by molar-refractivity contribution is 6.30. The molecule has 3 heterocycles. The molecule has 1 aliphatic rings. The number of imidazole rings is 1. The molecule has 0 bridgehead atoms. The minimum absolute atomic E-state index is 0.102. The number of pyridine rings is 2. The number of allylic oxidation sites excluding steroid dienone is 4. The lowest BCUT2D eigenvalue weighted by molar-refractivity contribution is 0.287. The third kappa shape index (κ3) is 4.98. The fraction of sp³-hybridized carbons (Fsp3) is 0.261. The molecule has 2 N–H and O–H groups in total. The van der Waals surface area contributed by atoms with Crippen LogP contribution in [0.2, 0.25) is 5.02 Å². The first-order valence-electron chi connectivity index (χ1n) is 10.3. The molecule has 0 unspecified atom stereocenters. The summed E-state index contributed by atoms with van der Waals surface area (Å²) >= 11 is 11.9. The zero-order chi connectivity index (χ0) is 23.5. The number of hydrogen-bond donors (Lipinski definition) is 2. The maximum absolute atomic E-state index is 12.8. The Balaban J connectivity index is 1.86. The van der Waals surface area contributed by atoms with Gasteiger partial charge in [-0.25, -0.2) is 0 Å². The first kappa shape index (κ1) is 23.1. The van der Waals surface area contributed by atoms with Crippen molar-refractivity contribution in [2.45, 2.75) is 25.8 Å². The Morgan fingerprint density at radius 2 is 2.15 bits per heavy atom. The summed E-state index contributed by atoms with van der Waals surface area (Å²) in [5.74, 6) is 0.142. The van der Waals surface area contributed by atoms with Crippen LogP contribution < -0.4 is 10.3 Å². The number of nitrogens with zero attached hydrogens (tertiary/aromatic N) is 4. The number of aromatic nitrogens is 4. The van der Waals surface area contributed by atoms with Gasteiger partial charge in [0.2, 0.25) is 0 Å². The molecule has 0 radical (unpaired) electrons. The van der Waals surface area contributed by atoms with Crippen molar-refractivity contribution in [2.24, 2.45) is 7.05 Å². The number of ether oxygens (including phenoxy) is 1. The van der Waals surface area contributed by atoms with E-state index in [2.05, 4.69) is 16.0 Å². The molecule has 0 fully saturated rings. The van der Waals surface area contributed by atoms with E-state index in [4.69, 9.17) is 27.9 Å². The summed E-state index contributed by atoms with van der Waals surface area (Å²) in [6, 6.07) is 3.59. The van der Waals surface area contributed by atoms with Gasteiger partial charge in [-0.15, -0.1) is 0 Å². The average Bonchev–Trinajstić information content (AvgIpc) is 3.57. The van der Waals surface area contributed by atoms with Gasteiger partial charge in [0, 0.05) is 25.4 Å². The van der Waals surface area contributed by atoms with Gasteiger partial charge in [0.15, 0.2) is 11.4 Å². The zero-order valence-corrected chi connectivity index (χ0v) is 19.3. The SMILES string of the molecule is Cn1c(=O)c(CCCO)c(O)c2c1nc(OC(C=CC1=CC1)=CCl)n2Cc1ccc(Cl)cn1. The Hall–Kier alpha value is -3.07. The van der Waals surface area contributed by atoms with Gasteiger partial charge in [0.05, 0.1) is 22.8 Å². The molecule has 172 valence electrons. The summed E-state index contributed by atoms with van der Waals surface area (Å²) in [7, 11) is 1.58. The van der Waals surface area contributed by atoms with E-state index in [0.29, 0.717) is 28.4 Å². The van der Waals surface area contributed by atoms with E-state index in [-0.39, 0.29) is 48.1 Å². The second-order valence-electron chi connectivity index (χ2n) is 7.57. The molecule has 1 aliphatic carbocycles. The molecule has 0 aromatic carbocycles. The predicted octanol–water partition coefficient (Wildman–Crippen LogP) is 3.81. The molecule has 0 amide bonds. The average molecular weight is 489 g/mol. The summed E-state index contributed by atoms with van der Waals surface area (Å²) in [6.07, 6.45) is 8.68. The Morgan fingerprint density at radius 3 is 2.79 bits per heavy atom. The minimum atomic E-state index is -0.386. The van der Waals surface area contributed by atoms with Crippen LogP contribution in [-0.2, 0) is 20.0 Å². The number of fused-ring (bicyclic) bond motifs is 1. The largest absolute Gasteiger partial charge is 0.505 e. The van der Waals surface area contributed by atoms with Gasteiger partial charge in [-0.3, -0.25) is 18.9 Å². The lowest BCUT2D eigenvalue weighted by atomic mass is 10.1. The lowest BCUT2D eigenvalue weighted by Gasteiger charge is -2.12. The predicted molar refractivity (Wildman–Crippen MR) is 127 cm³/mol. The molecule has 0 saturated heterocycles. The zero-order valence-electron chi connectivity index (χ0n) is 17.8. The van der Waals surface area contributed by atoms with E-state index in [1.807, 2.05) is 6.08 Å². The number of halogens is 2. The number of aliphatic hydroxyl groups is 1. The molecule has 0 saturated carbocycles. The molecular weight excluding hydrogens is 467 g/mol. The van der Waals surface area contributed by atoms with E-state index in [1.54, 1.807) is 29.8 Å². The Bertz CT molecular complexity index is 1340. The Morgan fingerprint density at radius 1 is 1.36 bits per heavy atom. The second-order valence-corrected chi connectivity index (χ2v) is 8.22. The molecule has 33 heavy (non-hydrogen) atoms. The lowest BCUT2D eigenvalue weighted by Crippen LogP contribution is -2.22. The summed E-state index contributed by atoms with van der Waals surface area (Å²) in [4.78, 5) is 21.7. The Kier molecular flexibility index (Phi) is 6.88. The van der Waals surface area contributed by atoms with Crippen molar-refractivity contribution >= 4 is 34.4 Å². The van der Waals surface area contributed by atoms with Gasteiger partial charge in [0.25, 0.3) is 5.56 Å². The first-order chi connectivity index (χ1) is 15.9. The molecule has 8 nitrogen and oxygen atoms in total. The minimum Gasteiger partial charge on any atom is -0.505 e. The van der Waals surface area contributed by atoms with Crippen molar-refractivity contribution in [3.8, 4) is 11.8 Å². The van der Waals surface area contributed by atoms with E-state index >= 15 is 0 Å². The maximum atomic E-state index is 12.8. The standard InChI is InChI=1S/C23H22Cl2N4O4/c1-28-21-19(20(31)18(22(28)32)3-2-10-30)29(13-16-8-7-15(25)12-26-16)23(27-21)33-17(11-24)9-6-14-4-5-14/h4,6-9,11-12,30-31H,2-3,5,10,13H2,1H3. The number of aromatic hydroxyl groups is 1. The monoisotopic (exact) mass is 488 g/mol. The van der Waals surface area contributed by atoms with Gasteiger partial charge >= 0.3 is 6.01 Å². The molecule has 0 atom stereocenters. The van der Waals surface area contributed by atoms with Crippen LogP contribution in [0.4, 0.5) is 0 Å². The fourth-order valence-electron chi connectivity index (χ4n) is 3.38. The van der Waals surface area contributed by atoms with Gasteiger partial charge in [-0.1, -0.05) is 35.4 Å². The van der Waals surface area contributed by atoms with Gasteiger partial charge in [-0.05, 0) is 43.0 Å². The summed E-state index contributed by atoms with van der Waals surface area (Å²) < 4.78 is 8.96. The summed E-state index contributed by atoms with van der Waals surface area (Å²) in [5.41, 5.74) is 3.48. The van der Waals surface area contributed by atoms with Crippen LogP contribution in [-0.4, -0.2) is 35.9 Å². The molecular formula is C23H22Cl2N4O4. The normalized spacial score (nSPS) is 13.7. The maximum Gasteiger partial charge on any atom is 0.304 e. The van der Waals surface area contributed by atoms with Crippen LogP contribution in [0.15, 0.2) is 58.2 Å². The van der Waals surface area contributed by atoms with E-state index < -0.39 is 0 Å². The highest BCUT2D eigenvalue weighted by Gasteiger charge is 2.24. The van der Waals surface area contributed by atoms with E-state index in [0.717, 1.165) is 6.42 Å². The van der Waals surface area contributed by atoms with Crippen LogP contribution in [0.1, 0.15) is 24.1 Å². The molecule has 4 rings (SSSR count). The van der Waals surface area contributed by atoms with Crippen LogP contribution in [0.25, 0.3) is 11.2 Å². The summed E-state index contributed by atoms with van der Waals surface area (Å²) in [5, 5.41) is 20.8. The third-order valence-corrected chi connectivity index (χ3v) is 5.66.